The molecule has 0 radical (unpaired) electrons. The number of nitrogens with one attached hydrogen (secondary N) is 2. The van der Waals surface area contributed by atoms with Crippen molar-refractivity contribution in [2.24, 2.45) is 0 Å². The number of sulfonamides is 1. The fourth-order valence-corrected chi connectivity index (χ4v) is 4.50. The first-order valence-electron chi connectivity index (χ1n) is 9.58. The summed E-state index contributed by atoms with van der Waals surface area (Å²) < 4.78 is 39.4. The SMILES string of the molecule is CCS(=O)(=O)Nc1ccc(C2=CC(c3ccc(F)cc3)N(C(=O)c3cccs3)N2)cc1. The van der Waals surface area contributed by atoms with Gasteiger partial charge in [0, 0.05) is 5.69 Å². The van der Waals surface area contributed by atoms with Crippen LogP contribution in [0.1, 0.15) is 33.8 Å². The molecule has 4 rings (SSSR count). The van der Waals surface area contributed by atoms with E-state index in [2.05, 4.69) is 10.1 Å². The van der Waals surface area contributed by atoms with Gasteiger partial charge in [-0.15, -0.1) is 11.3 Å². The topological polar surface area (TPSA) is 78.5 Å². The maximum absolute atomic E-state index is 13.4. The van der Waals surface area contributed by atoms with Crippen LogP contribution in [0.4, 0.5) is 10.1 Å². The van der Waals surface area contributed by atoms with E-state index in [4.69, 9.17) is 0 Å². The Bertz CT molecular complexity index is 1210. The molecule has 0 fully saturated rings. The van der Waals surface area contributed by atoms with Gasteiger partial charge in [-0.1, -0.05) is 30.3 Å². The second-order valence-corrected chi connectivity index (χ2v) is 9.88. The minimum absolute atomic E-state index is 0.0133. The summed E-state index contributed by atoms with van der Waals surface area (Å²) in [6, 6.07) is 16.0. The van der Waals surface area contributed by atoms with Crippen molar-refractivity contribution in [1.29, 1.82) is 0 Å². The molecule has 1 aliphatic heterocycles. The molecule has 2 aromatic carbocycles. The largest absolute Gasteiger partial charge is 0.294 e. The zero-order valence-electron chi connectivity index (χ0n) is 16.6. The van der Waals surface area contributed by atoms with E-state index in [1.54, 1.807) is 49.4 Å². The molecule has 2 heterocycles. The number of carbonyl (C=O) groups is 1. The van der Waals surface area contributed by atoms with Gasteiger partial charge in [-0.25, -0.2) is 17.8 Å². The molecule has 1 unspecified atom stereocenters. The number of rotatable bonds is 6. The number of anilines is 1. The zero-order chi connectivity index (χ0) is 22.0. The molecular weight excluding hydrogens is 437 g/mol. The number of thiophene rings is 1. The van der Waals surface area contributed by atoms with Crippen molar-refractivity contribution >= 4 is 38.7 Å². The van der Waals surface area contributed by atoms with Crippen molar-refractivity contribution < 1.29 is 17.6 Å². The molecule has 1 amide bonds. The predicted molar refractivity (Wildman–Crippen MR) is 120 cm³/mol. The Kier molecular flexibility index (Phi) is 5.79. The van der Waals surface area contributed by atoms with E-state index in [1.807, 2.05) is 17.5 Å². The number of halogens is 1. The number of hydrogen-bond acceptors (Lipinski definition) is 5. The van der Waals surface area contributed by atoms with Crippen molar-refractivity contribution in [3.63, 3.8) is 0 Å². The van der Waals surface area contributed by atoms with Gasteiger partial charge in [-0.05, 0) is 59.8 Å². The Morgan fingerprint density at radius 3 is 2.45 bits per heavy atom. The first-order valence-corrected chi connectivity index (χ1v) is 12.1. The highest BCUT2D eigenvalue weighted by atomic mass is 32.2. The molecule has 0 saturated carbocycles. The monoisotopic (exact) mass is 457 g/mol. The third-order valence-corrected chi connectivity index (χ3v) is 7.02. The van der Waals surface area contributed by atoms with E-state index >= 15 is 0 Å². The minimum Gasteiger partial charge on any atom is -0.294 e. The van der Waals surface area contributed by atoms with Crippen molar-refractivity contribution in [1.82, 2.24) is 10.4 Å². The van der Waals surface area contributed by atoms with Crippen molar-refractivity contribution in [3.8, 4) is 0 Å². The molecule has 6 nitrogen and oxygen atoms in total. The van der Waals surface area contributed by atoms with E-state index in [0.717, 1.165) is 11.1 Å². The second kappa shape index (κ2) is 8.52. The zero-order valence-corrected chi connectivity index (χ0v) is 18.2. The molecule has 0 spiro atoms. The molecule has 31 heavy (non-hydrogen) atoms. The van der Waals surface area contributed by atoms with Crippen LogP contribution in [0.25, 0.3) is 5.70 Å². The molecule has 0 bridgehead atoms. The highest BCUT2D eigenvalue weighted by Crippen LogP contribution is 2.33. The summed E-state index contributed by atoms with van der Waals surface area (Å²) in [7, 11) is -3.36. The molecular formula is C22H20FN3O3S2. The van der Waals surface area contributed by atoms with Crippen LogP contribution < -0.4 is 10.1 Å². The number of amides is 1. The van der Waals surface area contributed by atoms with Gasteiger partial charge in [-0.2, -0.15) is 0 Å². The van der Waals surface area contributed by atoms with Gasteiger partial charge >= 0.3 is 0 Å². The molecule has 0 aliphatic carbocycles. The summed E-state index contributed by atoms with van der Waals surface area (Å²) in [4.78, 5) is 13.7. The minimum atomic E-state index is -3.36. The van der Waals surface area contributed by atoms with Crippen molar-refractivity contribution in [2.45, 2.75) is 13.0 Å². The Morgan fingerprint density at radius 2 is 1.84 bits per heavy atom. The molecule has 9 heteroatoms. The van der Waals surface area contributed by atoms with Gasteiger partial charge in [0.25, 0.3) is 5.91 Å². The number of hydrogen-bond donors (Lipinski definition) is 2. The third-order valence-electron chi connectivity index (χ3n) is 4.86. The predicted octanol–water partition coefficient (Wildman–Crippen LogP) is 4.39. The number of benzene rings is 2. The first kappa shape index (κ1) is 21.1. The fourth-order valence-electron chi connectivity index (χ4n) is 3.20. The van der Waals surface area contributed by atoms with E-state index in [1.165, 1.54) is 28.5 Å². The van der Waals surface area contributed by atoms with Gasteiger partial charge in [0.05, 0.1) is 22.4 Å². The number of nitrogens with zero attached hydrogens (tertiary/aromatic N) is 1. The van der Waals surface area contributed by atoms with Crippen LogP contribution in [0, 0.1) is 5.82 Å². The Balaban J connectivity index is 1.64. The van der Waals surface area contributed by atoms with Gasteiger partial charge in [0.2, 0.25) is 10.0 Å². The highest BCUT2D eigenvalue weighted by molar-refractivity contribution is 7.92. The Morgan fingerprint density at radius 1 is 1.13 bits per heavy atom. The van der Waals surface area contributed by atoms with Crippen LogP contribution in [0.5, 0.6) is 0 Å². The van der Waals surface area contributed by atoms with Gasteiger partial charge in [-0.3, -0.25) is 14.9 Å². The smallest absolute Gasteiger partial charge is 0.283 e. The normalized spacial score (nSPS) is 16.0. The van der Waals surface area contributed by atoms with Crippen LogP contribution in [0.2, 0.25) is 0 Å². The van der Waals surface area contributed by atoms with Crippen LogP contribution in [0.3, 0.4) is 0 Å². The first-order chi connectivity index (χ1) is 14.9. The lowest BCUT2D eigenvalue weighted by molar-refractivity contribution is 0.0677. The lowest BCUT2D eigenvalue weighted by Crippen LogP contribution is -2.39. The van der Waals surface area contributed by atoms with Crippen LogP contribution >= 0.6 is 11.3 Å². The lowest BCUT2D eigenvalue weighted by Gasteiger charge is -2.25. The molecule has 1 aliphatic rings. The van der Waals surface area contributed by atoms with Crippen LogP contribution in [0.15, 0.2) is 72.1 Å². The summed E-state index contributed by atoms with van der Waals surface area (Å²) in [6.45, 7) is 1.57. The maximum Gasteiger partial charge on any atom is 0.283 e. The Labute approximate surface area is 184 Å². The lowest BCUT2D eigenvalue weighted by atomic mass is 10.0. The second-order valence-electron chi connectivity index (χ2n) is 6.92. The molecule has 1 aromatic heterocycles. The summed E-state index contributed by atoms with van der Waals surface area (Å²) >= 11 is 1.34. The average molecular weight is 458 g/mol. The van der Waals surface area contributed by atoms with E-state index < -0.39 is 16.1 Å². The molecule has 0 saturated heterocycles. The summed E-state index contributed by atoms with van der Waals surface area (Å²) in [5.74, 6) is -0.552. The standard InChI is InChI=1S/C22H20FN3O3S2/c1-2-31(28,29)25-18-11-7-15(8-12-18)19-14-20(16-5-9-17(23)10-6-16)26(24-19)22(27)21-4-3-13-30-21/h3-14,20,24-25H,2H2,1H3. The maximum atomic E-state index is 13.4. The molecule has 2 N–H and O–H groups in total. The van der Waals surface area contributed by atoms with E-state index in [-0.39, 0.29) is 17.5 Å². The summed E-state index contributed by atoms with van der Waals surface area (Å²) in [5, 5.41) is 3.35. The average Bonchev–Trinajstić information content (AvgIpc) is 3.45. The van der Waals surface area contributed by atoms with Gasteiger partial charge in [0.15, 0.2) is 0 Å². The van der Waals surface area contributed by atoms with Crippen LogP contribution in [-0.4, -0.2) is 25.1 Å². The quantitative estimate of drug-likeness (QED) is 0.575. The molecule has 160 valence electrons. The molecule has 3 aromatic rings. The van der Waals surface area contributed by atoms with Crippen LogP contribution in [-0.2, 0) is 10.0 Å². The van der Waals surface area contributed by atoms with E-state index in [9.17, 15) is 17.6 Å². The van der Waals surface area contributed by atoms with Gasteiger partial charge < -0.3 is 0 Å². The Hall–Kier alpha value is -3.17. The summed E-state index contributed by atoms with van der Waals surface area (Å²) in [5.41, 5.74) is 5.87. The fraction of sp³-hybridized carbons (Fsp3) is 0.136. The third kappa shape index (κ3) is 4.62. The number of carbonyl (C=O) groups excluding carboxylic acids is 1. The van der Waals surface area contributed by atoms with Crippen molar-refractivity contribution in [3.05, 3.63) is 93.9 Å². The van der Waals surface area contributed by atoms with E-state index in [0.29, 0.717) is 16.3 Å². The molecule has 1 atom stereocenters. The number of hydrazine groups is 1. The summed E-state index contributed by atoms with van der Waals surface area (Å²) in [6.07, 6.45) is 1.89. The van der Waals surface area contributed by atoms with Gasteiger partial charge in [0.1, 0.15) is 5.82 Å². The highest BCUT2D eigenvalue weighted by Gasteiger charge is 2.32. The van der Waals surface area contributed by atoms with Crippen molar-refractivity contribution in [2.75, 3.05) is 10.5 Å².